The Labute approximate surface area is 143 Å². The predicted octanol–water partition coefficient (Wildman–Crippen LogP) is 3.25. The molecule has 0 fully saturated rings. The van der Waals surface area contributed by atoms with Gasteiger partial charge in [-0.25, -0.2) is 0 Å². The van der Waals surface area contributed by atoms with Crippen LogP contribution in [0.25, 0.3) is 0 Å². The molecule has 1 N–H and O–H groups in total. The van der Waals surface area contributed by atoms with Crippen molar-refractivity contribution in [3.8, 4) is 11.5 Å². The van der Waals surface area contributed by atoms with E-state index in [1.54, 1.807) is 6.92 Å². The number of para-hydroxylation sites is 1. The molecule has 0 aliphatic rings. The van der Waals surface area contributed by atoms with Gasteiger partial charge in [0.1, 0.15) is 18.1 Å². The highest BCUT2D eigenvalue weighted by Crippen LogP contribution is 2.15. The third kappa shape index (κ3) is 6.42. The fourth-order valence-corrected chi connectivity index (χ4v) is 2.18. The molecule has 0 bridgehead atoms. The van der Waals surface area contributed by atoms with Crippen LogP contribution < -0.4 is 14.8 Å². The number of hydrogen-bond acceptors (Lipinski definition) is 4. The topological polar surface area (TPSA) is 47.6 Å². The Morgan fingerprint density at radius 3 is 2.54 bits per heavy atom. The molecule has 0 radical (unpaired) electrons. The van der Waals surface area contributed by atoms with Gasteiger partial charge in [-0.2, -0.15) is 0 Å². The zero-order chi connectivity index (χ0) is 17.2. The summed E-state index contributed by atoms with van der Waals surface area (Å²) in [4.78, 5) is 11.3. The molecule has 0 aliphatic carbocycles. The summed E-state index contributed by atoms with van der Waals surface area (Å²) in [5.41, 5.74) is 1.18. The van der Waals surface area contributed by atoms with E-state index in [1.165, 1.54) is 12.5 Å². The van der Waals surface area contributed by atoms with Gasteiger partial charge in [-0.05, 0) is 56.6 Å². The summed E-state index contributed by atoms with van der Waals surface area (Å²) >= 11 is 0. The molecular formula is C20H25NO3. The van der Waals surface area contributed by atoms with Crippen molar-refractivity contribution in [2.75, 3.05) is 19.7 Å². The fourth-order valence-electron chi connectivity index (χ4n) is 2.18. The van der Waals surface area contributed by atoms with Crippen LogP contribution in [0.3, 0.4) is 0 Å². The molecule has 2 aromatic carbocycles. The standard InChI is InChI=1S/C20H25NO3/c1-16(22)17(2)24-20-10-6-7-18(15-20)11-12-21-13-14-23-19-8-4-3-5-9-19/h3-10,15,17,21H,11-14H2,1-2H3. The van der Waals surface area contributed by atoms with Gasteiger partial charge < -0.3 is 14.8 Å². The Morgan fingerprint density at radius 2 is 1.79 bits per heavy atom. The molecule has 0 heterocycles. The van der Waals surface area contributed by atoms with Crippen molar-refractivity contribution in [1.29, 1.82) is 0 Å². The molecule has 2 aromatic rings. The summed E-state index contributed by atoms with van der Waals surface area (Å²) in [5, 5.41) is 3.36. The quantitative estimate of drug-likeness (QED) is 0.681. The molecule has 0 saturated carbocycles. The minimum Gasteiger partial charge on any atom is -0.492 e. The highest BCUT2D eigenvalue weighted by molar-refractivity contribution is 5.80. The lowest BCUT2D eigenvalue weighted by molar-refractivity contribution is -0.122. The second kappa shape index (κ2) is 9.73. The van der Waals surface area contributed by atoms with Gasteiger partial charge in [0.15, 0.2) is 11.9 Å². The number of carbonyl (C=O) groups excluding carboxylic acids is 1. The number of carbonyl (C=O) groups is 1. The number of Topliss-reactive ketones (excluding diaryl/α,β-unsaturated/α-hetero) is 1. The zero-order valence-electron chi connectivity index (χ0n) is 14.3. The first-order valence-corrected chi connectivity index (χ1v) is 8.30. The van der Waals surface area contributed by atoms with E-state index in [0.717, 1.165) is 31.0 Å². The summed E-state index contributed by atoms with van der Waals surface area (Å²) in [6.07, 6.45) is 0.491. The Hall–Kier alpha value is -2.33. The first-order valence-electron chi connectivity index (χ1n) is 8.30. The van der Waals surface area contributed by atoms with Gasteiger partial charge in [-0.1, -0.05) is 30.3 Å². The highest BCUT2D eigenvalue weighted by atomic mass is 16.5. The molecule has 128 valence electrons. The Bertz CT molecular complexity index is 628. The van der Waals surface area contributed by atoms with Gasteiger partial charge in [0.25, 0.3) is 0 Å². The van der Waals surface area contributed by atoms with Crippen LogP contribution in [0.4, 0.5) is 0 Å². The van der Waals surface area contributed by atoms with Gasteiger partial charge in [0.05, 0.1) is 0 Å². The number of hydrogen-bond donors (Lipinski definition) is 1. The molecule has 0 saturated heterocycles. The average molecular weight is 327 g/mol. The first-order chi connectivity index (χ1) is 11.6. The van der Waals surface area contributed by atoms with Crippen molar-refractivity contribution in [2.45, 2.75) is 26.4 Å². The third-order valence-corrected chi connectivity index (χ3v) is 3.67. The van der Waals surface area contributed by atoms with Crippen LogP contribution in [-0.4, -0.2) is 31.6 Å². The summed E-state index contributed by atoms with van der Waals surface area (Å²) in [6.45, 7) is 5.61. The second-order valence-corrected chi connectivity index (χ2v) is 5.68. The summed E-state index contributed by atoms with van der Waals surface area (Å²) in [5.74, 6) is 1.66. The molecule has 0 amide bonds. The smallest absolute Gasteiger partial charge is 0.169 e. The summed E-state index contributed by atoms with van der Waals surface area (Å²) < 4.78 is 11.2. The number of ether oxygens (including phenoxy) is 2. The fraction of sp³-hybridized carbons (Fsp3) is 0.350. The summed E-state index contributed by atoms with van der Waals surface area (Å²) in [6, 6.07) is 17.7. The monoisotopic (exact) mass is 327 g/mol. The van der Waals surface area contributed by atoms with Crippen LogP contribution in [-0.2, 0) is 11.2 Å². The van der Waals surface area contributed by atoms with Crippen molar-refractivity contribution in [1.82, 2.24) is 5.32 Å². The van der Waals surface area contributed by atoms with E-state index in [2.05, 4.69) is 11.4 Å². The van der Waals surface area contributed by atoms with E-state index in [0.29, 0.717) is 6.61 Å². The molecule has 2 rings (SSSR count). The lowest BCUT2D eigenvalue weighted by atomic mass is 10.1. The van der Waals surface area contributed by atoms with E-state index in [4.69, 9.17) is 9.47 Å². The van der Waals surface area contributed by atoms with Crippen LogP contribution in [0.2, 0.25) is 0 Å². The van der Waals surface area contributed by atoms with E-state index >= 15 is 0 Å². The predicted molar refractivity (Wildman–Crippen MR) is 95.7 cm³/mol. The normalized spacial score (nSPS) is 11.8. The van der Waals surface area contributed by atoms with E-state index in [-0.39, 0.29) is 5.78 Å². The maximum absolute atomic E-state index is 11.3. The maximum atomic E-state index is 11.3. The van der Waals surface area contributed by atoms with Gasteiger partial charge in [-0.15, -0.1) is 0 Å². The van der Waals surface area contributed by atoms with E-state index in [9.17, 15) is 4.79 Å². The van der Waals surface area contributed by atoms with Gasteiger partial charge >= 0.3 is 0 Å². The molecule has 0 spiro atoms. The van der Waals surface area contributed by atoms with Crippen LogP contribution in [0.5, 0.6) is 11.5 Å². The molecule has 24 heavy (non-hydrogen) atoms. The molecule has 0 aliphatic heterocycles. The lowest BCUT2D eigenvalue weighted by Crippen LogP contribution is -2.23. The van der Waals surface area contributed by atoms with Crippen LogP contribution >= 0.6 is 0 Å². The van der Waals surface area contributed by atoms with Crippen molar-refractivity contribution in [2.24, 2.45) is 0 Å². The number of benzene rings is 2. The van der Waals surface area contributed by atoms with Crippen molar-refractivity contribution < 1.29 is 14.3 Å². The van der Waals surface area contributed by atoms with Gasteiger partial charge in [-0.3, -0.25) is 4.79 Å². The van der Waals surface area contributed by atoms with Crippen molar-refractivity contribution >= 4 is 5.78 Å². The Balaban J connectivity index is 1.66. The lowest BCUT2D eigenvalue weighted by Gasteiger charge is -2.12. The number of rotatable bonds is 10. The summed E-state index contributed by atoms with van der Waals surface area (Å²) in [7, 11) is 0. The van der Waals surface area contributed by atoms with Crippen molar-refractivity contribution in [3.05, 3.63) is 60.2 Å². The van der Waals surface area contributed by atoms with Crippen molar-refractivity contribution in [3.63, 3.8) is 0 Å². The molecule has 4 nitrogen and oxygen atoms in total. The SMILES string of the molecule is CC(=O)C(C)Oc1cccc(CCNCCOc2ccccc2)c1. The number of nitrogens with one attached hydrogen (secondary N) is 1. The zero-order valence-corrected chi connectivity index (χ0v) is 14.3. The second-order valence-electron chi connectivity index (χ2n) is 5.68. The minimum atomic E-state index is -0.409. The first kappa shape index (κ1) is 18.0. The van der Waals surface area contributed by atoms with Crippen LogP contribution in [0, 0.1) is 0 Å². The highest BCUT2D eigenvalue weighted by Gasteiger charge is 2.09. The largest absolute Gasteiger partial charge is 0.492 e. The Kier molecular flexibility index (Phi) is 7.30. The van der Waals surface area contributed by atoms with E-state index < -0.39 is 6.10 Å². The minimum absolute atomic E-state index is 0.0282. The van der Waals surface area contributed by atoms with Gasteiger partial charge in [0.2, 0.25) is 0 Å². The molecule has 0 aromatic heterocycles. The van der Waals surface area contributed by atoms with Gasteiger partial charge in [0, 0.05) is 6.54 Å². The third-order valence-electron chi connectivity index (χ3n) is 3.67. The van der Waals surface area contributed by atoms with Crippen LogP contribution in [0.15, 0.2) is 54.6 Å². The van der Waals surface area contributed by atoms with E-state index in [1.807, 2.05) is 48.5 Å². The molecular weight excluding hydrogens is 302 g/mol. The Morgan fingerprint density at radius 1 is 1.04 bits per heavy atom. The van der Waals surface area contributed by atoms with Crippen LogP contribution in [0.1, 0.15) is 19.4 Å². The average Bonchev–Trinajstić information content (AvgIpc) is 2.59. The molecule has 1 unspecified atom stereocenters. The molecule has 4 heteroatoms. The maximum Gasteiger partial charge on any atom is 0.169 e. The molecule has 1 atom stereocenters. The number of ketones is 1.